The molecule has 0 bridgehead atoms. The van der Waals surface area contributed by atoms with E-state index in [9.17, 15) is 4.79 Å². The molecule has 108 valence electrons. The van der Waals surface area contributed by atoms with E-state index in [1.54, 1.807) is 0 Å². The van der Waals surface area contributed by atoms with Crippen molar-refractivity contribution in [1.29, 1.82) is 0 Å². The second kappa shape index (κ2) is 6.57. The van der Waals surface area contributed by atoms with Crippen LogP contribution in [0.15, 0.2) is 30.5 Å². The average Bonchev–Trinajstić information content (AvgIpc) is 2.78. The molecule has 1 atom stereocenters. The first-order valence-electron chi connectivity index (χ1n) is 7.21. The molecule has 2 aromatic rings. The molecule has 4 heteroatoms. The predicted octanol–water partition coefficient (Wildman–Crippen LogP) is 2.06. The van der Waals surface area contributed by atoms with Gasteiger partial charge in [0.25, 0.3) is 0 Å². The second-order valence-corrected chi connectivity index (χ2v) is 5.21. The van der Waals surface area contributed by atoms with Gasteiger partial charge in [0.05, 0.1) is 0 Å². The molecule has 1 aromatic carbocycles. The monoisotopic (exact) mass is 273 g/mol. The first-order valence-corrected chi connectivity index (χ1v) is 7.21. The first-order chi connectivity index (χ1) is 9.65. The Bertz CT molecular complexity index is 588. The van der Waals surface area contributed by atoms with Gasteiger partial charge in [0, 0.05) is 23.1 Å². The third-order valence-electron chi connectivity index (χ3n) is 3.62. The van der Waals surface area contributed by atoms with Crippen LogP contribution in [0.3, 0.4) is 0 Å². The van der Waals surface area contributed by atoms with Gasteiger partial charge in [-0.05, 0) is 37.9 Å². The molecule has 0 saturated carbocycles. The first kappa shape index (κ1) is 14.6. The maximum atomic E-state index is 12.0. The van der Waals surface area contributed by atoms with Crippen molar-refractivity contribution in [3.63, 3.8) is 0 Å². The lowest BCUT2D eigenvalue weighted by atomic mass is 10.1. The Hall–Kier alpha value is -1.81. The summed E-state index contributed by atoms with van der Waals surface area (Å²) in [6.07, 6.45) is 3.82. The molecule has 1 aromatic heterocycles. The average molecular weight is 273 g/mol. The van der Waals surface area contributed by atoms with E-state index in [-0.39, 0.29) is 11.9 Å². The Morgan fingerprint density at radius 3 is 2.85 bits per heavy atom. The largest absolute Gasteiger partial charge is 0.352 e. The summed E-state index contributed by atoms with van der Waals surface area (Å²) in [4.78, 5) is 12.0. The number of carbonyl (C=O) groups is 1. The van der Waals surface area contributed by atoms with Crippen LogP contribution in [0.4, 0.5) is 0 Å². The lowest BCUT2D eigenvalue weighted by Gasteiger charge is -2.12. The third-order valence-corrected chi connectivity index (χ3v) is 3.62. The van der Waals surface area contributed by atoms with Gasteiger partial charge in [-0.15, -0.1) is 0 Å². The Morgan fingerprint density at radius 2 is 2.15 bits per heavy atom. The number of rotatable bonds is 6. The highest BCUT2D eigenvalue weighted by molar-refractivity contribution is 5.86. The molecule has 1 unspecified atom stereocenters. The zero-order valence-corrected chi connectivity index (χ0v) is 12.2. The van der Waals surface area contributed by atoms with Crippen molar-refractivity contribution in [3.05, 3.63) is 36.0 Å². The van der Waals surface area contributed by atoms with Gasteiger partial charge in [-0.25, -0.2) is 0 Å². The number of amides is 1. The number of benzene rings is 1. The van der Waals surface area contributed by atoms with E-state index < -0.39 is 0 Å². The number of nitrogens with zero attached hydrogens (tertiary/aromatic N) is 1. The van der Waals surface area contributed by atoms with Crippen molar-refractivity contribution in [2.45, 2.75) is 39.3 Å². The predicted molar refractivity (Wildman–Crippen MR) is 82.6 cm³/mol. The number of hydrogen-bond donors (Lipinski definition) is 2. The number of aromatic nitrogens is 1. The molecule has 0 aliphatic rings. The molecule has 4 nitrogen and oxygen atoms in total. The third kappa shape index (κ3) is 3.20. The summed E-state index contributed by atoms with van der Waals surface area (Å²) in [6, 6.07) is 8.37. The molecular formula is C16H23N3O. The molecular weight excluding hydrogens is 250 g/mol. The van der Waals surface area contributed by atoms with Crippen molar-refractivity contribution in [3.8, 4) is 0 Å². The number of fused-ring (bicyclic) bond motifs is 1. The van der Waals surface area contributed by atoms with Crippen molar-refractivity contribution < 1.29 is 4.79 Å². The molecule has 1 heterocycles. The number of nitrogens with one attached hydrogen (secondary N) is 1. The maximum absolute atomic E-state index is 12.0. The zero-order valence-electron chi connectivity index (χ0n) is 12.2. The summed E-state index contributed by atoms with van der Waals surface area (Å²) in [5.41, 5.74) is 7.96. The fraction of sp³-hybridized carbons (Fsp3) is 0.438. The van der Waals surface area contributed by atoms with Gasteiger partial charge in [0.1, 0.15) is 6.54 Å². The summed E-state index contributed by atoms with van der Waals surface area (Å²) in [5, 5.41) is 4.19. The van der Waals surface area contributed by atoms with Gasteiger partial charge in [-0.2, -0.15) is 0 Å². The zero-order chi connectivity index (χ0) is 14.5. The van der Waals surface area contributed by atoms with Crippen molar-refractivity contribution >= 4 is 16.8 Å². The highest BCUT2D eigenvalue weighted by Crippen LogP contribution is 2.21. The highest BCUT2D eigenvalue weighted by Gasteiger charge is 2.11. The van der Waals surface area contributed by atoms with Crippen LogP contribution >= 0.6 is 0 Å². The summed E-state index contributed by atoms with van der Waals surface area (Å²) < 4.78 is 2.01. The number of carbonyl (C=O) groups excluding carboxylic acids is 1. The minimum atomic E-state index is 0.0550. The molecule has 0 fully saturated rings. The Morgan fingerprint density at radius 1 is 1.40 bits per heavy atom. The molecule has 1 amide bonds. The Balaban J connectivity index is 2.23. The van der Waals surface area contributed by atoms with Crippen LogP contribution in [0.25, 0.3) is 10.9 Å². The topological polar surface area (TPSA) is 60.0 Å². The van der Waals surface area contributed by atoms with Crippen molar-refractivity contribution in [2.24, 2.45) is 5.73 Å². The normalized spacial score (nSPS) is 12.6. The molecule has 0 radical (unpaired) electrons. The fourth-order valence-electron chi connectivity index (χ4n) is 2.39. The van der Waals surface area contributed by atoms with Gasteiger partial charge < -0.3 is 15.6 Å². The number of nitrogens with two attached hydrogens (primary N) is 1. The van der Waals surface area contributed by atoms with Gasteiger partial charge in [0.2, 0.25) is 5.91 Å². The lowest BCUT2D eigenvalue weighted by molar-refractivity contribution is -0.122. The van der Waals surface area contributed by atoms with E-state index in [4.69, 9.17) is 5.73 Å². The van der Waals surface area contributed by atoms with Crippen molar-refractivity contribution in [1.82, 2.24) is 9.88 Å². The van der Waals surface area contributed by atoms with Crippen LogP contribution in [-0.2, 0) is 17.8 Å². The van der Waals surface area contributed by atoms with Crippen LogP contribution in [0.5, 0.6) is 0 Å². The van der Waals surface area contributed by atoms with E-state index in [1.165, 1.54) is 10.9 Å². The quantitative estimate of drug-likeness (QED) is 0.846. The Labute approximate surface area is 120 Å². The van der Waals surface area contributed by atoms with E-state index in [2.05, 4.69) is 18.3 Å². The van der Waals surface area contributed by atoms with Crippen LogP contribution in [-0.4, -0.2) is 23.1 Å². The van der Waals surface area contributed by atoms with Crippen LogP contribution in [0, 0.1) is 0 Å². The van der Waals surface area contributed by atoms with Crippen LogP contribution < -0.4 is 11.1 Å². The second-order valence-electron chi connectivity index (χ2n) is 5.21. The maximum Gasteiger partial charge on any atom is 0.240 e. The van der Waals surface area contributed by atoms with Crippen LogP contribution in [0.1, 0.15) is 25.8 Å². The standard InChI is InChI=1S/C16H23N3O/c1-3-12(2)18-16(20)11-19-10-13(8-9-17)14-6-4-5-7-15(14)19/h4-7,10,12H,3,8-9,11,17H2,1-2H3,(H,18,20). The molecule has 0 spiro atoms. The van der Waals surface area contributed by atoms with E-state index in [0.717, 1.165) is 18.4 Å². The number of para-hydroxylation sites is 1. The van der Waals surface area contributed by atoms with Crippen molar-refractivity contribution in [2.75, 3.05) is 6.54 Å². The minimum Gasteiger partial charge on any atom is -0.352 e. The lowest BCUT2D eigenvalue weighted by Crippen LogP contribution is -2.34. The minimum absolute atomic E-state index is 0.0550. The summed E-state index contributed by atoms with van der Waals surface area (Å²) in [7, 11) is 0. The fourth-order valence-corrected chi connectivity index (χ4v) is 2.39. The van der Waals surface area contributed by atoms with Gasteiger partial charge in [-0.3, -0.25) is 4.79 Å². The molecule has 2 rings (SSSR count). The smallest absolute Gasteiger partial charge is 0.240 e. The summed E-state index contributed by atoms with van der Waals surface area (Å²) >= 11 is 0. The summed E-state index contributed by atoms with van der Waals surface area (Å²) in [6.45, 7) is 5.06. The molecule has 3 N–H and O–H groups in total. The SMILES string of the molecule is CCC(C)NC(=O)Cn1cc(CCN)c2ccccc21. The summed E-state index contributed by atoms with van der Waals surface area (Å²) in [5.74, 6) is 0.0550. The molecule has 0 aliphatic heterocycles. The molecule has 20 heavy (non-hydrogen) atoms. The van der Waals surface area contributed by atoms with E-state index in [1.807, 2.05) is 35.9 Å². The number of hydrogen-bond acceptors (Lipinski definition) is 2. The highest BCUT2D eigenvalue weighted by atomic mass is 16.2. The van der Waals surface area contributed by atoms with E-state index >= 15 is 0 Å². The van der Waals surface area contributed by atoms with E-state index in [0.29, 0.717) is 13.1 Å². The Kier molecular flexibility index (Phi) is 4.79. The van der Waals surface area contributed by atoms with Crippen LogP contribution in [0.2, 0.25) is 0 Å². The molecule has 0 aliphatic carbocycles. The van der Waals surface area contributed by atoms with Gasteiger partial charge in [0.15, 0.2) is 0 Å². The van der Waals surface area contributed by atoms with Gasteiger partial charge >= 0.3 is 0 Å². The van der Waals surface area contributed by atoms with Gasteiger partial charge in [-0.1, -0.05) is 25.1 Å². The molecule has 0 saturated heterocycles.